The van der Waals surface area contributed by atoms with Crippen LogP contribution in [0.4, 0.5) is 15.9 Å². The molecular formula is C27H26ClFN4O3. The van der Waals surface area contributed by atoms with Crippen molar-refractivity contribution in [3.63, 3.8) is 0 Å². The van der Waals surface area contributed by atoms with Crippen molar-refractivity contribution in [1.29, 1.82) is 0 Å². The molecule has 0 radical (unpaired) electrons. The van der Waals surface area contributed by atoms with Gasteiger partial charge in [-0.05, 0) is 67.9 Å². The van der Waals surface area contributed by atoms with Crippen LogP contribution in [0, 0.1) is 5.82 Å². The van der Waals surface area contributed by atoms with Gasteiger partial charge in [-0.25, -0.2) is 14.4 Å². The normalized spacial score (nSPS) is 14.0. The van der Waals surface area contributed by atoms with Gasteiger partial charge in [-0.3, -0.25) is 0 Å². The number of nitrogens with zero attached hydrogens (tertiary/aromatic N) is 2. The van der Waals surface area contributed by atoms with Gasteiger partial charge in [-0.1, -0.05) is 23.7 Å². The molecular weight excluding hydrogens is 483 g/mol. The molecule has 9 heteroatoms. The van der Waals surface area contributed by atoms with E-state index in [1.807, 2.05) is 18.2 Å². The second kappa shape index (κ2) is 11.0. The molecule has 5 rings (SSSR count). The Labute approximate surface area is 213 Å². The predicted molar refractivity (Wildman–Crippen MR) is 138 cm³/mol. The highest BCUT2D eigenvalue weighted by Crippen LogP contribution is 2.37. The fraction of sp³-hybridized carbons (Fsp3) is 0.259. The van der Waals surface area contributed by atoms with Crippen molar-refractivity contribution in [2.75, 3.05) is 25.5 Å². The van der Waals surface area contributed by atoms with Crippen LogP contribution in [0.1, 0.15) is 18.4 Å². The zero-order valence-electron chi connectivity index (χ0n) is 19.8. The third-order valence-corrected chi connectivity index (χ3v) is 6.27. The van der Waals surface area contributed by atoms with Crippen molar-refractivity contribution in [3.8, 4) is 17.2 Å². The number of ether oxygens (including phenoxy) is 3. The highest BCUT2D eigenvalue weighted by atomic mass is 35.5. The summed E-state index contributed by atoms with van der Waals surface area (Å²) >= 11 is 6.47. The molecule has 0 saturated carbocycles. The summed E-state index contributed by atoms with van der Waals surface area (Å²) in [5, 5.41) is 7.88. The third-order valence-electron chi connectivity index (χ3n) is 5.98. The van der Waals surface area contributed by atoms with Crippen LogP contribution >= 0.6 is 11.6 Å². The summed E-state index contributed by atoms with van der Waals surface area (Å²) in [5.74, 6) is 2.10. The first kappa shape index (κ1) is 24.1. The molecule has 2 heterocycles. The van der Waals surface area contributed by atoms with Crippen molar-refractivity contribution < 1.29 is 18.6 Å². The fourth-order valence-electron chi connectivity index (χ4n) is 4.13. The van der Waals surface area contributed by atoms with Gasteiger partial charge in [-0.2, -0.15) is 0 Å². The SMILES string of the molecule is COc1cc2ncnc(Nc3ccc(OCc4cccc(F)c4)c(Cl)c3)c2cc1OC1CCNCC1. The number of aromatic nitrogens is 2. The number of rotatable bonds is 8. The van der Waals surface area contributed by atoms with Crippen molar-refractivity contribution in [2.45, 2.75) is 25.6 Å². The minimum atomic E-state index is -0.305. The molecule has 0 atom stereocenters. The van der Waals surface area contributed by atoms with E-state index in [9.17, 15) is 4.39 Å². The summed E-state index contributed by atoms with van der Waals surface area (Å²) in [6, 6.07) is 15.4. The Morgan fingerprint density at radius 3 is 2.67 bits per heavy atom. The molecule has 0 spiro atoms. The van der Waals surface area contributed by atoms with E-state index in [0.29, 0.717) is 28.1 Å². The van der Waals surface area contributed by atoms with E-state index < -0.39 is 0 Å². The molecule has 1 aromatic heterocycles. The number of hydrogen-bond acceptors (Lipinski definition) is 7. The van der Waals surface area contributed by atoms with Crippen molar-refractivity contribution >= 4 is 34.0 Å². The van der Waals surface area contributed by atoms with E-state index in [1.165, 1.54) is 18.5 Å². The monoisotopic (exact) mass is 508 g/mol. The molecule has 0 unspecified atom stereocenters. The Morgan fingerprint density at radius 1 is 1.03 bits per heavy atom. The standard InChI is InChI=1S/C27H26ClFN4O3/c1-34-25-14-23-21(13-26(25)36-20-7-9-30-10-8-20)27(32-16-31-23)33-19-5-6-24(22(28)12-19)35-15-17-3-2-4-18(29)11-17/h2-6,11-14,16,20,30H,7-10,15H2,1H3,(H,31,32,33). The topological polar surface area (TPSA) is 77.5 Å². The maximum atomic E-state index is 13.4. The second-order valence-electron chi connectivity index (χ2n) is 8.50. The average Bonchev–Trinajstić information content (AvgIpc) is 2.89. The summed E-state index contributed by atoms with van der Waals surface area (Å²) in [4.78, 5) is 8.85. The van der Waals surface area contributed by atoms with Crippen LogP contribution in [0.3, 0.4) is 0 Å². The first-order chi connectivity index (χ1) is 17.6. The molecule has 1 aliphatic heterocycles. The average molecular weight is 509 g/mol. The highest BCUT2D eigenvalue weighted by molar-refractivity contribution is 6.32. The van der Waals surface area contributed by atoms with Crippen LogP contribution in [-0.4, -0.2) is 36.3 Å². The summed E-state index contributed by atoms with van der Waals surface area (Å²) in [7, 11) is 1.62. The lowest BCUT2D eigenvalue weighted by Gasteiger charge is -2.25. The van der Waals surface area contributed by atoms with Crippen molar-refractivity contribution in [3.05, 3.63) is 77.3 Å². The molecule has 1 fully saturated rings. The van der Waals surface area contributed by atoms with Crippen molar-refractivity contribution in [2.24, 2.45) is 0 Å². The zero-order chi connectivity index (χ0) is 24.9. The minimum Gasteiger partial charge on any atom is -0.493 e. The molecule has 0 bridgehead atoms. The van der Waals surface area contributed by atoms with Gasteiger partial charge in [0.1, 0.15) is 36.4 Å². The van der Waals surface area contributed by atoms with E-state index in [2.05, 4.69) is 20.6 Å². The number of nitrogens with one attached hydrogen (secondary N) is 2. The zero-order valence-corrected chi connectivity index (χ0v) is 20.5. The Morgan fingerprint density at radius 2 is 1.89 bits per heavy atom. The fourth-order valence-corrected chi connectivity index (χ4v) is 4.36. The Kier molecular flexibility index (Phi) is 7.34. The van der Waals surface area contributed by atoms with Gasteiger partial charge in [0.15, 0.2) is 11.5 Å². The Hall–Kier alpha value is -3.62. The third kappa shape index (κ3) is 5.61. The number of anilines is 2. The molecule has 0 aliphatic carbocycles. The number of fused-ring (bicyclic) bond motifs is 1. The van der Waals surface area contributed by atoms with Crippen LogP contribution in [0.2, 0.25) is 5.02 Å². The first-order valence-electron chi connectivity index (χ1n) is 11.7. The quantitative estimate of drug-likeness (QED) is 0.307. The van der Waals surface area contributed by atoms with E-state index in [1.54, 1.807) is 31.4 Å². The summed E-state index contributed by atoms with van der Waals surface area (Å²) in [6.07, 6.45) is 3.49. The van der Waals surface area contributed by atoms with E-state index >= 15 is 0 Å². The maximum Gasteiger partial charge on any atom is 0.162 e. The van der Waals surface area contributed by atoms with Crippen LogP contribution in [-0.2, 0) is 6.61 Å². The molecule has 36 heavy (non-hydrogen) atoms. The molecule has 4 aromatic rings. The lowest BCUT2D eigenvalue weighted by atomic mass is 10.1. The summed E-state index contributed by atoms with van der Waals surface area (Å²) < 4.78 is 31.0. The number of piperidine rings is 1. The Bertz CT molecular complexity index is 1360. The van der Waals surface area contributed by atoms with Crippen LogP contribution in [0.5, 0.6) is 17.2 Å². The predicted octanol–water partition coefficient (Wildman–Crippen LogP) is 5.88. The lowest BCUT2D eigenvalue weighted by molar-refractivity contribution is 0.157. The molecule has 1 aliphatic rings. The van der Waals surface area contributed by atoms with Gasteiger partial charge in [0.25, 0.3) is 0 Å². The minimum absolute atomic E-state index is 0.123. The molecule has 2 N–H and O–H groups in total. The smallest absolute Gasteiger partial charge is 0.162 e. The number of benzene rings is 3. The molecule has 186 valence electrons. The van der Waals surface area contributed by atoms with E-state index in [4.69, 9.17) is 25.8 Å². The van der Waals surface area contributed by atoms with E-state index in [-0.39, 0.29) is 18.5 Å². The van der Waals surface area contributed by atoms with Gasteiger partial charge < -0.3 is 24.8 Å². The number of halogens is 2. The second-order valence-corrected chi connectivity index (χ2v) is 8.91. The van der Waals surface area contributed by atoms with Gasteiger partial charge >= 0.3 is 0 Å². The van der Waals surface area contributed by atoms with Crippen LogP contribution < -0.4 is 24.8 Å². The van der Waals surface area contributed by atoms with Gasteiger partial charge in [0.2, 0.25) is 0 Å². The van der Waals surface area contributed by atoms with Crippen LogP contribution in [0.15, 0.2) is 60.9 Å². The largest absolute Gasteiger partial charge is 0.493 e. The summed E-state index contributed by atoms with van der Waals surface area (Å²) in [5.41, 5.74) is 2.18. The lowest BCUT2D eigenvalue weighted by Crippen LogP contribution is -2.34. The van der Waals surface area contributed by atoms with Gasteiger partial charge in [-0.15, -0.1) is 0 Å². The highest BCUT2D eigenvalue weighted by Gasteiger charge is 2.19. The number of methoxy groups -OCH3 is 1. The van der Waals surface area contributed by atoms with Gasteiger partial charge in [0, 0.05) is 17.1 Å². The molecule has 0 amide bonds. The van der Waals surface area contributed by atoms with E-state index in [0.717, 1.165) is 48.1 Å². The van der Waals surface area contributed by atoms with Gasteiger partial charge in [0.05, 0.1) is 17.6 Å². The Balaban J connectivity index is 1.36. The molecule has 7 nitrogen and oxygen atoms in total. The summed E-state index contributed by atoms with van der Waals surface area (Å²) in [6.45, 7) is 2.07. The first-order valence-corrected chi connectivity index (χ1v) is 12.1. The molecule has 3 aromatic carbocycles. The molecule has 1 saturated heterocycles. The van der Waals surface area contributed by atoms with Crippen molar-refractivity contribution in [1.82, 2.24) is 15.3 Å². The van der Waals surface area contributed by atoms with Crippen LogP contribution in [0.25, 0.3) is 10.9 Å². The maximum absolute atomic E-state index is 13.4. The number of hydrogen-bond donors (Lipinski definition) is 2.